The number of rotatable bonds is 5. The van der Waals surface area contributed by atoms with Crippen LogP contribution in [0.25, 0.3) is 0 Å². The summed E-state index contributed by atoms with van der Waals surface area (Å²) in [5.74, 6) is 0. The second-order valence-corrected chi connectivity index (χ2v) is 8.47. The van der Waals surface area contributed by atoms with Crippen LogP contribution in [-0.2, 0) is 10.3 Å². The normalized spacial score (nSPS) is 23.0. The van der Waals surface area contributed by atoms with Gasteiger partial charge in [0.25, 0.3) is 0 Å². The van der Waals surface area contributed by atoms with Gasteiger partial charge in [-0.15, -0.1) is 0 Å². The molecule has 31 heavy (non-hydrogen) atoms. The summed E-state index contributed by atoms with van der Waals surface area (Å²) in [5, 5.41) is 12.7. The van der Waals surface area contributed by atoms with Gasteiger partial charge in [-0.25, -0.2) is 0 Å². The number of oxime groups is 1. The molecule has 2 atom stereocenters. The lowest BCUT2D eigenvalue weighted by Crippen LogP contribution is -2.46. The quantitative estimate of drug-likeness (QED) is 0.362. The SMILES string of the molecule is O/N=C1\CC[C@H]2[C@@H](OC(c3ccccc3)(c3ccccc3)c3ccccc3)CCN2C1. The van der Waals surface area contributed by atoms with E-state index >= 15 is 0 Å². The third-order valence-corrected chi connectivity index (χ3v) is 6.72. The molecule has 0 spiro atoms. The molecule has 158 valence electrons. The van der Waals surface area contributed by atoms with Crippen LogP contribution < -0.4 is 0 Å². The fourth-order valence-corrected chi connectivity index (χ4v) is 5.25. The summed E-state index contributed by atoms with van der Waals surface area (Å²) in [5.41, 5.74) is 3.60. The second kappa shape index (κ2) is 8.66. The van der Waals surface area contributed by atoms with E-state index in [1.807, 2.05) is 0 Å². The first-order chi connectivity index (χ1) is 15.3. The molecule has 4 heteroatoms. The van der Waals surface area contributed by atoms with Crippen LogP contribution in [-0.4, -0.2) is 41.1 Å². The third-order valence-electron chi connectivity index (χ3n) is 6.72. The molecule has 2 aliphatic rings. The summed E-state index contributed by atoms with van der Waals surface area (Å²) in [7, 11) is 0. The Morgan fingerprint density at radius 3 is 1.77 bits per heavy atom. The molecule has 0 amide bonds. The van der Waals surface area contributed by atoms with Crippen molar-refractivity contribution in [3.8, 4) is 0 Å². The molecule has 3 aromatic carbocycles. The molecule has 3 aromatic rings. The van der Waals surface area contributed by atoms with Crippen LogP contribution in [0.2, 0.25) is 0 Å². The van der Waals surface area contributed by atoms with Crippen LogP contribution in [0.15, 0.2) is 96.2 Å². The van der Waals surface area contributed by atoms with Crippen molar-refractivity contribution in [1.29, 1.82) is 0 Å². The Hall–Kier alpha value is -2.95. The average molecular weight is 413 g/mol. The van der Waals surface area contributed by atoms with Gasteiger partial charge in [0.2, 0.25) is 0 Å². The van der Waals surface area contributed by atoms with Crippen molar-refractivity contribution in [3.05, 3.63) is 108 Å². The van der Waals surface area contributed by atoms with Gasteiger partial charge in [-0.05, 0) is 36.0 Å². The highest BCUT2D eigenvalue weighted by molar-refractivity contribution is 5.86. The van der Waals surface area contributed by atoms with Gasteiger partial charge in [0.05, 0.1) is 11.8 Å². The maximum absolute atomic E-state index is 9.24. The van der Waals surface area contributed by atoms with E-state index in [-0.39, 0.29) is 6.10 Å². The van der Waals surface area contributed by atoms with Gasteiger partial charge in [0.15, 0.2) is 0 Å². The van der Waals surface area contributed by atoms with E-state index < -0.39 is 5.60 Å². The maximum Gasteiger partial charge on any atom is 0.144 e. The van der Waals surface area contributed by atoms with E-state index in [4.69, 9.17) is 4.74 Å². The smallest absolute Gasteiger partial charge is 0.144 e. The number of benzene rings is 3. The van der Waals surface area contributed by atoms with E-state index in [2.05, 4.69) is 101 Å². The largest absolute Gasteiger partial charge is 0.411 e. The zero-order valence-corrected chi connectivity index (χ0v) is 17.6. The Balaban J connectivity index is 1.61. The summed E-state index contributed by atoms with van der Waals surface area (Å²) in [6.07, 6.45) is 2.85. The molecule has 0 radical (unpaired) electrons. The number of hydrogen-bond donors (Lipinski definition) is 1. The fourth-order valence-electron chi connectivity index (χ4n) is 5.25. The number of fused-ring (bicyclic) bond motifs is 1. The molecule has 0 bridgehead atoms. The predicted molar refractivity (Wildman–Crippen MR) is 123 cm³/mol. The maximum atomic E-state index is 9.24. The minimum Gasteiger partial charge on any atom is -0.411 e. The number of ether oxygens (including phenoxy) is 1. The monoisotopic (exact) mass is 412 g/mol. The minimum absolute atomic E-state index is 0.0980. The second-order valence-electron chi connectivity index (χ2n) is 8.47. The van der Waals surface area contributed by atoms with Gasteiger partial charge >= 0.3 is 0 Å². The van der Waals surface area contributed by atoms with Crippen molar-refractivity contribution in [1.82, 2.24) is 4.90 Å². The number of hydrogen-bond acceptors (Lipinski definition) is 4. The summed E-state index contributed by atoms with van der Waals surface area (Å²) in [6.45, 7) is 1.69. The molecule has 2 aliphatic heterocycles. The molecule has 0 unspecified atom stereocenters. The zero-order chi connectivity index (χ0) is 21.1. The first kappa shape index (κ1) is 20.0. The highest BCUT2D eigenvalue weighted by atomic mass is 16.5. The highest BCUT2D eigenvalue weighted by Gasteiger charge is 2.45. The summed E-state index contributed by atoms with van der Waals surface area (Å²) >= 11 is 0. The topological polar surface area (TPSA) is 45.1 Å². The van der Waals surface area contributed by atoms with E-state index in [0.717, 1.165) is 54.8 Å². The van der Waals surface area contributed by atoms with Crippen molar-refractivity contribution in [2.45, 2.75) is 37.0 Å². The van der Waals surface area contributed by atoms with Gasteiger partial charge < -0.3 is 9.94 Å². The van der Waals surface area contributed by atoms with E-state index in [9.17, 15) is 5.21 Å². The third kappa shape index (κ3) is 3.67. The summed E-state index contributed by atoms with van der Waals surface area (Å²) in [6, 6.07) is 32.0. The zero-order valence-electron chi connectivity index (χ0n) is 17.6. The highest BCUT2D eigenvalue weighted by Crippen LogP contribution is 2.44. The van der Waals surface area contributed by atoms with Crippen molar-refractivity contribution in [2.24, 2.45) is 5.16 Å². The van der Waals surface area contributed by atoms with E-state index in [1.165, 1.54) is 0 Å². The molecule has 5 rings (SSSR count). The molecule has 2 saturated heterocycles. The van der Waals surface area contributed by atoms with Gasteiger partial charge in [-0.1, -0.05) is 96.2 Å². The van der Waals surface area contributed by atoms with Crippen molar-refractivity contribution < 1.29 is 9.94 Å². The molecule has 2 fully saturated rings. The Morgan fingerprint density at radius 1 is 0.774 bits per heavy atom. The Morgan fingerprint density at radius 2 is 1.29 bits per heavy atom. The Bertz CT molecular complexity index is 924. The summed E-state index contributed by atoms with van der Waals surface area (Å²) in [4.78, 5) is 2.41. The first-order valence-corrected chi connectivity index (χ1v) is 11.1. The molecular formula is C27H28N2O2. The average Bonchev–Trinajstić information content (AvgIpc) is 3.26. The lowest BCUT2D eigenvalue weighted by atomic mass is 9.79. The van der Waals surface area contributed by atoms with E-state index in [0.29, 0.717) is 6.04 Å². The molecule has 2 heterocycles. The van der Waals surface area contributed by atoms with E-state index in [1.54, 1.807) is 0 Å². The van der Waals surface area contributed by atoms with Crippen LogP contribution >= 0.6 is 0 Å². The molecule has 4 nitrogen and oxygen atoms in total. The minimum atomic E-state index is -0.685. The van der Waals surface area contributed by atoms with Crippen LogP contribution in [0.4, 0.5) is 0 Å². The van der Waals surface area contributed by atoms with Crippen molar-refractivity contribution in [3.63, 3.8) is 0 Å². The first-order valence-electron chi connectivity index (χ1n) is 11.1. The lowest BCUT2D eigenvalue weighted by molar-refractivity contribution is -0.0625. The van der Waals surface area contributed by atoms with Crippen LogP contribution in [0.1, 0.15) is 36.0 Å². The van der Waals surface area contributed by atoms with Gasteiger partial charge in [0, 0.05) is 19.1 Å². The van der Waals surface area contributed by atoms with Gasteiger partial charge in [-0.3, -0.25) is 4.90 Å². The number of nitrogens with zero attached hydrogens (tertiary/aromatic N) is 2. The fraction of sp³-hybridized carbons (Fsp3) is 0.296. The molecule has 0 aromatic heterocycles. The predicted octanol–water partition coefficient (Wildman–Crippen LogP) is 5.06. The standard InChI is InChI=1S/C27H28N2O2/c30-28-24-16-17-25-26(18-19-29(25)20-24)31-27(21-10-4-1-5-11-21,22-12-6-2-7-13-22)23-14-8-3-9-15-23/h1-15,25-26,30H,16-20H2/b28-24+/t25-,26-/m0/s1. The molecule has 0 aliphatic carbocycles. The molecular weight excluding hydrogens is 384 g/mol. The number of piperidine rings is 1. The van der Waals surface area contributed by atoms with Crippen LogP contribution in [0.5, 0.6) is 0 Å². The molecule has 1 N–H and O–H groups in total. The lowest BCUT2D eigenvalue weighted by Gasteiger charge is -2.41. The molecule has 0 saturated carbocycles. The van der Waals surface area contributed by atoms with Crippen LogP contribution in [0, 0.1) is 0 Å². The Labute approximate surface area is 183 Å². The Kier molecular flexibility index (Phi) is 5.58. The summed E-state index contributed by atoms with van der Waals surface area (Å²) < 4.78 is 7.25. The van der Waals surface area contributed by atoms with Gasteiger partial charge in [-0.2, -0.15) is 0 Å². The van der Waals surface area contributed by atoms with Crippen molar-refractivity contribution >= 4 is 5.71 Å². The van der Waals surface area contributed by atoms with Gasteiger partial charge in [0.1, 0.15) is 5.60 Å². The van der Waals surface area contributed by atoms with Crippen molar-refractivity contribution in [2.75, 3.05) is 13.1 Å². The van der Waals surface area contributed by atoms with Crippen LogP contribution in [0.3, 0.4) is 0 Å².